The van der Waals surface area contributed by atoms with Crippen molar-refractivity contribution < 1.29 is 33.2 Å². The fraction of sp³-hybridized carbons (Fsp3) is 0.423. The number of anilines is 5. The molecule has 362 valence electrons. The van der Waals surface area contributed by atoms with Gasteiger partial charge in [0.2, 0.25) is 11.8 Å². The molecule has 0 radical (unpaired) electrons. The van der Waals surface area contributed by atoms with Crippen molar-refractivity contribution in [1.29, 1.82) is 0 Å². The molecule has 18 heteroatoms. The first-order valence-electron chi connectivity index (χ1n) is 25.8. The number of thiophene rings is 1. The number of piperidine rings is 2. The number of hydrogen-bond donors (Lipinski definition) is 3. The molecule has 0 spiro atoms. The van der Waals surface area contributed by atoms with Crippen LogP contribution in [0.25, 0.3) is 11.1 Å². The third-order valence-corrected chi connectivity index (χ3v) is 16.5. The van der Waals surface area contributed by atoms with Gasteiger partial charge in [-0.05, 0) is 124 Å². The van der Waals surface area contributed by atoms with E-state index in [1.165, 1.54) is 22.8 Å². The zero-order valence-corrected chi connectivity index (χ0v) is 39.9. The standard InChI is InChI=1S/C52H56N10O7S/c1-29-22-32(15-18-59(29)33-8-10-38-39(24-33)50(67)62(49(38)66)42-11-13-45(64)56-48(42)65)58-20-21-60(30(2)26-58)34-9-12-44(54-25-34)55-41-23-31(27-57(3)51(41)68)35-14-17-53-47(40(35)28-63)61-19-16-37-36-6-4-5-7-43(36)70-46(37)52(61)69/h8-10,12,14,17,23-25,27,29-30,32,42,63H,4-7,11,13,15-16,18-22,26,28H2,1-3H3,(H,54,55)(H,56,64,65)/t29-,30+,32+,42?/m1/s1/i3D3. The SMILES string of the molecule is [2H]C([2H])([2H])n1cc(-c2ccnc(N3CCc4c(sc5c4CCCC5)C3=O)c2CO)cc(Nc2ccc(N3CCN([C@H]4CCN(c5ccc6c(c5)C(=O)N(C5CCC(=O)NC5=O)C6=O)[C@H](C)C4)C[C@@H]3C)cn2)c1=O. The molecule has 1 aromatic carbocycles. The van der Waals surface area contributed by atoms with E-state index in [2.05, 4.69) is 49.1 Å². The quantitative estimate of drug-likeness (QED) is 0.164. The number of aliphatic hydroxyl groups is 1. The van der Waals surface area contributed by atoms with E-state index in [-0.39, 0.29) is 47.6 Å². The molecule has 6 aliphatic rings. The molecule has 3 saturated heterocycles. The molecule has 4 atom stereocenters. The first kappa shape index (κ1) is 42.1. The van der Waals surface area contributed by atoms with Crippen LogP contribution >= 0.6 is 11.3 Å². The van der Waals surface area contributed by atoms with E-state index in [9.17, 15) is 33.9 Å². The topological polar surface area (TPSA) is 194 Å². The maximum Gasteiger partial charge on any atom is 0.274 e. The minimum atomic E-state index is -2.83. The second-order valence-corrected chi connectivity index (χ2v) is 20.4. The molecule has 5 aliphatic heterocycles. The number of amides is 5. The van der Waals surface area contributed by atoms with Crippen molar-refractivity contribution in [2.45, 2.75) is 102 Å². The molecule has 5 aromatic rings. The number of carbonyl (C=O) groups excluding carboxylic acids is 5. The summed E-state index contributed by atoms with van der Waals surface area (Å²) in [6.45, 7) is 4.57. The Balaban J connectivity index is 0.752. The second kappa shape index (κ2) is 18.2. The molecular weight excluding hydrogens is 909 g/mol. The number of fused-ring (bicyclic) bond motifs is 4. The summed E-state index contributed by atoms with van der Waals surface area (Å²) < 4.78 is 25.5. The molecule has 3 fully saturated rings. The predicted octanol–water partition coefficient (Wildman–Crippen LogP) is 5.19. The van der Waals surface area contributed by atoms with E-state index in [4.69, 9.17) is 4.11 Å². The largest absolute Gasteiger partial charge is 0.392 e. The Morgan fingerprint density at radius 3 is 2.40 bits per heavy atom. The van der Waals surface area contributed by atoms with Crippen molar-refractivity contribution in [3.8, 4) is 11.1 Å². The van der Waals surface area contributed by atoms with Gasteiger partial charge in [-0.15, -0.1) is 11.3 Å². The van der Waals surface area contributed by atoms with Crippen LogP contribution in [-0.4, -0.2) is 116 Å². The van der Waals surface area contributed by atoms with Crippen LogP contribution in [0.5, 0.6) is 0 Å². The molecular formula is C52H56N10O7S. The normalized spacial score (nSPS) is 23.6. The number of hydrogen-bond acceptors (Lipinski definition) is 14. The van der Waals surface area contributed by atoms with E-state index >= 15 is 0 Å². The molecule has 70 heavy (non-hydrogen) atoms. The Kier molecular flexibility index (Phi) is 11.0. The summed E-state index contributed by atoms with van der Waals surface area (Å²) in [5.74, 6) is -1.62. The monoisotopic (exact) mass is 967 g/mol. The minimum absolute atomic E-state index is 0.0302. The van der Waals surface area contributed by atoms with Crippen molar-refractivity contribution in [1.82, 2.24) is 29.7 Å². The number of aryl methyl sites for hydroxylation is 2. The van der Waals surface area contributed by atoms with Gasteiger partial charge >= 0.3 is 0 Å². The summed E-state index contributed by atoms with van der Waals surface area (Å²) in [4.78, 5) is 100.0. The lowest BCUT2D eigenvalue weighted by atomic mass is 9.92. The molecule has 5 amide bonds. The van der Waals surface area contributed by atoms with Crippen molar-refractivity contribution in [2.24, 2.45) is 6.98 Å². The Morgan fingerprint density at radius 1 is 0.814 bits per heavy atom. The van der Waals surface area contributed by atoms with Crippen LogP contribution < -0.4 is 30.9 Å². The summed E-state index contributed by atoms with van der Waals surface area (Å²) in [5.41, 5.74) is 5.02. The fourth-order valence-electron chi connectivity index (χ4n) is 11.6. The average Bonchev–Trinajstić information content (AvgIpc) is 3.88. The summed E-state index contributed by atoms with van der Waals surface area (Å²) in [6, 6.07) is 11.8. The molecule has 17 nitrogen and oxygen atoms in total. The number of pyridine rings is 3. The summed E-state index contributed by atoms with van der Waals surface area (Å²) >= 11 is 1.56. The van der Waals surface area contributed by atoms with Gasteiger partial charge in [0, 0.05) is 102 Å². The minimum Gasteiger partial charge on any atom is -0.392 e. The Hall–Kier alpha value is -6.76. The van der Waals surface area contributed by atoms with E-state index in [0.717, 1.165) is 91.4 Å². The number of imide groups is 2. The number of piperazine rings is 1. The maximum atomic E-state index is 14.1. The van der Waals surface area contributed by atoms with Crippen LogP contribution in [0.1, 0.15) is 108 Å². The summed E-state index contributed by atoms with van der Waals surface area (Å²) in [5, 5.41) is 16.2. The molecule has 9 heterocycles. The van der Waals surface area contributed by atoms with Crippen LogP contribution in [0.3, 0.4) is 0 Å². The summed E-state index contributed by atoms with van der Waals surface area (Å²) in [6.07, 6.45) is 11.3. The number of aliphatic hydroxyl groups excluding tert-OH is 1. The maximum absolute atomic E-state index is 14.1. The van der Waals surface area contributed by atoms with Crippen LogP contribution in [0, 0.1) is 0 Å². The second-order valence-electron chi connectivity index (χ2n) is 19.3. The van der Waals surface area contributed by atoms with Crippen LogP contribution in [0.4, 0.5) is 28.7 Å². The molecule has 0 bridgehead atoms. The van der Waals surface area contributed by atoms with E-state index in [1.807, 2.05) is 12.1 Å². The van der Waals surface area contributed by atoms with Gasteiger partial charge in [0.15, 0.2) is 0 Å². The van der Waals surface area contributed by atoms with Crippen LogP contribution in [-0.2, 0) is 42.4 Å². The van der Waals surface area contributed by atoms with Crippen molar-refractivity contribution in [2.75, 3.05) is 52.7 Å². The first-order valence-corrected chi connectivity index (χ1v) is 25.1. The molecule has 1 unspecified atom stereocenters. The molecule has 3 N–H and O–H groups in total. The number of rotatable bonds is 9. The van der Waals surface area contributed by atoms with Gasteiger partial charge in [-0.25, -0.2) is 9.97 Å². The highest BCUT2D eigenvalue weighted by molar-refractivity contribution is 7.14. The van der Waals surface area contributed by atoms with Crippen LogP contribution in [0.15, 0.2) is 65.8 Å². The first-order chi connectivity index (χ1) is 35.1. The molecule has 1 aliphatic carbocycles. The van der Waals surface area contributed by atoms with E-state index in [0.29, 0.717) is 51.9 Å². The van der Waals surface area contributed by atoms with Gasteiger partial charge in [0.05, 0.1) is 34.5 Å². The van der Waals surface area contributed by atoms with Crippen LogP contribution in [0.2, 0.25) is 0 Å². The lowest BCUT2D eigenvalue weighted by Crippen LogP contribution is -2.58. The zero-order valence-electron chi connectivity index (χ0n) is 42.1. The van der Waals surface area contributed by atoms with Gasteiger partial charge < -0.3 is 24.8 Å². The predicted molar refractivity (Wildman–Crippen MR) is 266 cm³/mol. The number of aromatic nitrogens is 3. The van der Waals surface area contributed by atoms with Gasteiger partial charge in [-0.1, -0.05) is 0 Å². The van der Waals surface area contributed by atoms with Crippen molar-refractivity contribution >= 4 is 69.6 Å². The fourth-order valence-corrected chi connectivity index (χ4v) is 13.0. The number of benzene rings is 1. The van der Waals surface area contributed by atoms with Gasteiger partial charge in [-0.3, -0.25) is 48.8 Å². The van der Waals surface area contributed by atoms with Gasteiger partial charge in [0.25, 0.3) is 23.3 Å². The highest BCUT2D eigenvalue weighted by Crippen LogP contribution is 2.41. The lowest BCUT2D eigenvalue weighted by Gasteiger charge is -2.48. The zero-order chi connectivity index (χ0) is 51.0. The Labute approximate surface area is 413 Å². The van der Waals surface area contributed by atoms with Gasteiger partial charge in [0.1, 0.15) is 23.4 Å². The molecule has 4 aromatic heterocycles. The number of nitrogens with one attached hydrogen (secondary N) is 2. The molecule has 11 rings (SSSR count). The number of nitrogens with zero attached hydrogens (tertiary/aromatic N) is 8. The van der Waals surface area contributed by atoms with Crippen molar-refractivity contribution in [3.05, 3.63) is 109 Å². The third kappa shape index (κ3) is 7.95. The van der Waals surface area contributed by atoms with E-state index in [1.54, 1.807) is 52.8 Å². The van der Waals surface area contributed by atoms with Crippen molar-refractivity contribution in [3.63, 3.8) is 0 Å². The lowest BCUT2D eigenvalue weighted by molar-refractivity contribution is -0.136. The Bertz CT molecular complexity index is 3160. The van der Waals surface area contributed by atoms with E-state index < -0.39 is 48.8 Å². The third-order valence-electron chi connectivity index (χ3n) is 15.2. The number of carbonyl (C=O) groups is 5. The average molecular weight is 968 g/mol. The highest BCUT2D eigenvalue weighted by Gasteiger charge is 2.45. The smallest absolute Gasteiger partial charge is 0.274 e. The molecule has 0 saturated carbocycles. The highest BCUT2D eigenvalue weighted by atomic mass is 32.1. The summed E-state index contributed by atoms with van der Waals surface area (Å²) in [7, 11) is 0. The Morgan fingerprint density at radius 2 is 1.63 bits per heavy atom. The van der Waals surface area contributed by atoms with Gasteiger partial charge in [-0.2, -0.15) is 0 Å².